The molecule has 1 aliphatic rings. The minimum atomic E-state index is -0.0105. The molecule has 1 aliphatic heterocycles. The molecule has 1 aromatic carbocycles. The van der Waals surface area contributed by atoms with Crippen LogP contribution in [0.4, 0.5) is 5.69 Å². The quantitative estimate of drug-likeness (QED) is 0.845. The molecule has 0 spiro atoms. The summed E-state index contributed by atoms with van der Waals surface area (Å²) in [6.45, 7) is 2.86. The largest absolute Gasteiger partial charge is 0.399 e. The van der Waals surface area contributed by atoms with Crippen molar-refractivity contribution in [1.82, 2.24) is 4.90 Å². The van der Waals surface area contributed by atoms with Gasteiger partial charge in [0, 0.05) is 17.1 Å². The number of amides is 1. The van der Waals surface area contributed by atoms with Gasteiger partial charge in [-0.1, -0.05) is 18.5 Å². The van der Waals surface area contributed by atoms with Gasteiger partial charge in [0.25, 0.3) is 5.91 Å². The van der Waals surface area contributed by atoms with Crippen LogP contribution in [-0.4, -0.2) is 17.4 Å². The number of nitrogen functional groups attached to an aromatic ring is 1. The summed E-state index contributed by atoms with van der Waals surface area (Å²) in [5, 5.41) is 2.53. The lowest BCUT2D eigenvalue weighted by Crippen LogP contribution is -2.39. The molecule has 1 unspecified atom stereocenters. The molecule has 0 saturated heterocycles. The fourth-order valence-corrected chi connectivity index (χ4v) is 4.14. The predicted molar refractivity (Wildman–Crippen MR) is 88.0 cm³/mol. The summed E-state index contributed by atoms with van der Waals surface area (Å²) in [6, 6.07) is 7.35. The van der Waals surface area contributed by atoms with Gasteiger partial charge in [0.05, 0.1) is 16.6 Å². The topological polar surface area (TPSA) is 46.3 Å². The molecule has 2 heterocycles. The molecular weight excluding hydrogens is 304 g/mol. The number of nitrogens with two attached hydrogens (primary N) is 1. The van der Waals surface area contributed by atoms with Crippen molar-refractivity contribution < 1.29 is 4.79 Å². The van der Waals surface area contributed by atoms with Gasteiger partial charge in [0.2, 0.25) is 0 Å². The van der Waals surface area contributed by atoms with Gasteiger partial charge in [-0.25, -0.2) is 0 Å². The Morgan fingerprint density at radius 3 is 3.00 bits per heavy atom. The van der Waals surface area contributed by atoms with E-state index < -0.39 is 0 Å². The highest BCUT2D eigenvalue weighted by molar-refractivity contribution is 7.10. The summed E-state index contributed by atoms with van der Waals surface area (Å²) in [5.74, 6) is -0.0105. The van der Waals surface area contributed by atoms with Crippen molar-refractivity contribution in [3.63, 3.8) is 0 Å². The molecule has 2 aromatic rings. The molecule has 0 aliphatic carbocycles. The Kier molecular flexibility index (Phi) is 3.91. The van der Waals surface area contributed by atoms with E-state index >= 15 is 0 Å². The first-order valence-electron chi connectivity index (χ1n) is 7.04. The number of carbonyl (C=O) groups excluding carboxylic acids is 1. The van der Waals surface area contributed by atoms with E-state index in [1.54, 1.807) is 29.5 Å². The highest BCUT2D eigenvalue weighted by atomic mass is 35.5. The standard InChI is InChI=1S/C16H17ClN2OS/c1-2-14-12-6-8-21-15(12)5-7-19(14)16(20)11-4-3-10(18)9-13(11)17/h3-4,6,8-9,14H,2,5,7,18H2,1H3. The van der Waals surface area contributed by atoms with Crippen LogP contribution in [0.2, 0.25) is 5.02 Å². The second-order valence-corrected chi connectivity index (χ2v) is 6.62. The number of nitrogens with zero attached hydrogens (tertiary/aromatic N) is 1. The van der Waals surface area contributed by atoms with Gasteiger partial charge in [-0.2, -0.15) is 0 Å². The Labute approximate surface area is 133 Å². The predicted octanol–water partition coefficient (Wildman–Crippen LogP) is 4.13. The molecule has 1 aromatic heterocycles. The molecule has 1 atom stereocenters. The van der Waals surface area contributed by atoms with Crippen LogP contribution in [0.3, 0.4) is 0 Å². The lowest BCUT2D eigenvalue weighted by molar-refractivity contribution is 0.0657. The second-order valence-electron chi connectivity index (χ2n) is 5.21. The van der Waals surface area contributed by atoms with Gasteiger partial charge in [0.15, 0.2) is 0 Å². The number of benzene rings is 1. The number of thiophene rings is 1. The van der Waals surface area contributed by atoms with E-state index in [0.29, 0.717) is 16.3 Å². The molecule has 3 rings (SSSR count). The van der Waals surface area contributed by atoms with E-state index in [1.807, 2.05) is 4.90 Å². The Morgan fingerprint density at radius 2 is 2.29 bits per heavy atom. The third-order valence-electron chi connectivity index (χ3n) is 3.97. The van der Waals surface area contributed by atoms with Crippen LogP contribution >= 0.6 is 22.9 Å². The third kappa shape index (κ3) is 2.54. The first-order valence-corrected chi connectivity index (χ1v) is 8.29. The van der Waals surface area contributed by atoms with E-state index in [4.69, 9.17) is 17.3 Å². The smallest absolute Gasteiger partial charge is 0.255 e. The van der Waals surface area contributed by atoms with E-state index in [2.05, 4.69) is 18.4 Å². The fourth-order valence-electron chi connectivity index (χ4n) is 2.94. The average Bonchev–Trinajstić information content (AvgIpc) is 2.94. The van der Waals surface area contributed by atoms with Gasteiger partial charge < -0.3 is 10.6 Å². The molecule has 2 N–H and O–H groups in total. The normalized spacial score (nSPS) is 17.6. The number of hydrogen-bond donors (Lipinski definition) is 1. The summed E-state index contributed by atoms with van der Waals surface area (Å²) in [5.41, 5.74) is 8.09. The maximum atomic E-state index is 12.8. The Morgan fingerprint density at radius 1 is 1.48 bits per heavy atom. The zero-order chi connectivity index (χ0) is 15.0. The first kappa shape index (κ1) is 14.4. The van der Waals surface area contributed by atoms with Crippen LogP contribution in [-0.2, 0) is 6.42 Å². The van der Waals surface area contributed by atoms with E-state index in [1.165, 1.54) is 10.4 Å². The average molecular weight is 321 g/mol. The molecule has 0 fully saturated rings. The van der Waals surface area contributed by atoms with Crippen LogP contribution in [0, 0.1) is 0 Å². The fraction of sp³-hybridized carbons (Fsp3) is 0.312. The van der Waals surface area contributed by atoms with Crippen molar-refractivity contribution in [2.75, 3.05) is 12.3 Å². The maximum Gasteiger partial charge on any atom is 0.255 e. The molecular formula is C16H17ClN2OS. The number of hydrogen-bond acceptors (Lipinski definition) is 3. The van der Waals surface area contributed by atoms with Crippen molar-refractivity contribution in [3.05, 3.63) is 50.7 Å². The van der Waals surface area contributed by atoms with Gasteiger partial charge in [-0.05, 0) is 48.1 Å². The van der Waals surface area contributed by atoms with Crippen LogP contribution in [0.15, 0.2) is 29.6 Å². The zero-order valence-corrected chi connectivity index (χ0v) is 13.4. The molecule has 5 heteroatoms. The lowest BCUT2D eigenvalue weighted by Gasteiger charge is -2.35. The number of carbonyl (C=O) groups is 1. The highest BCUT2D eigenvalue weighted by Gasteiger charge is 2.31. The molecule has 0 saturated carbocycles. The van der Waals surface area contributed by atoms with Gasteiger partial charge in [-0.15, -0.1) is 11.3 Å². The third-order valence-corrected chi connectivity index (χ3v) is 5.28. The van der Waals surface area contributed by atoms with Crippen LogP contribution in [0.25, 0.3) is 0 Å². The zero-order valence-electron chi connectivity index (χ0n) is 11.8. The minimum absolute atomic E-state index is 0.0105. The van der Waals surface area contributed by atoms with Crippen molar-refractivity contribution >= 4 is 34.5 Å². The number of halogens is 1. The van der Waals surface area contributed by atoms with Crippen molar-refractivity contribution in [2.24, 2.45) is 0 Å². The number of rotatable bonds is 2. The van der Waals surface area contributed by atoms with E-state index in [0.717, 1.165) is 19.4 Å². The molecule has 0 bridgehead atoms. The molecule has 110 valence electrons. The summed E-state index contributed by atoms with van der Waals surface area (Å²) in [6.07, 6.45) is 1.82. The van der Waals surface area contributed by atoms with E-state index in [9.17, 15) is 4.79 Å². The minimum Gasteiger partial charge on any atom is -0.399 e. The van der Waals surface area contributed by atoms with Crippen LogP contribution in [0.5, 0.6) is 0 Å². The maximum absolute atomic E-state index is 12.8. The lowest BCUT2D eigenvalue weighted by atomic mass is 9.97. The number of fused-ring (bicyclic) bond motifs is 1. The van der Waals surface area contributed by atoms with Crippen molar-refractivity contribution in [2.45, 2.75) is 25.8 Å². The van der Waals surface area contributed by atoms with Gasteiger partial charge in [-0.3, -0.25) is 4.79 Å². The van der Waals surface area contributed by atoms with Crippen molar-refractivity contribution in [1.29, 1.82) is 0 Å². The summed E-state index contributed by atoms with van der Waals surface area (Å²) < 4.78 is 0. The first-order chi connectivity index (χ1) is 10.1. The summed E-state index contributed by atoms with van der Waals surface area (Å²) >= 11 is 7.97. The number of anilines is 1. The van der Waals surface area contributed by atoms with E-state index in [-0.39, 0.29) is 11.9 Å². The Hall–Kier alpha value is -1.52. The molecule has 0 radical (unpaired) electrons. The Balaban J connectivity index is 1.94. The van der Waals surface area contributed by atoms with Crippen molar-refractivity contribution in [3.8, 4) is 0 Å². The Bertz CT molecular complexity index is 683. The molecule has 1 amide bonds. The molecule has 3 nitrogen and oxygen atoms in total. The van der Waals surface area contributed by atoms with Crippen LogP contribution in [0.1, 0.15) is 40.2 Å². The summed E-state index contributed by atoms with van der Waals surface area (Å²) in [4.78, 5) is 16.2. The molecule has 21 heavy (non-hydrogen) atoms. The summed E-state index contributed by atoms with van der Waals surface area (Å²) in [7, 11) is 0. The monoisotopic (exact) mass is 320 g/mol. The SMILES string of the molecule is CCC1c2ccsc2CCN1C(=O)c1ccc(N)cc1Cl. The van der Waals surface area contributed by atoms with Gasteiger partial charge in [0.1, 0.15) is 0 Å². The van der Waals surface area contributed by atoms with Gasteiger partial charge >= 0.3 is 0 Å². The second kappa shape index (κ2) is 5.70. The highest BCUT2D eigenvalue weighted by Crippen LogP contribution is 2.36. The van der Waals surface area contributed by atoms with Crippen LogP contribution < -0.4 is 5.73 Å².